The van der Waals surface area contributed by atoms with Gasteiger partial charge in [0.2, 0.25) is 0 Å². The lowest BCUT2D eigenvalue weighted by Crippen LogP contribution is -2.23. The van der Waals surface area contributed by atoms with Crippen LogP contribution in [0.15, 0.2) is 18.2 Å². The van der Waals surface area contributed by atoms with Gasteiger partial charge in [0.15, 0.2) is 0 Å². The van der Waals surface area contributed by atoms with E-state index in [9.17, 15) is 9.18 Å². The maximum Gasteiger partial charge on any atom is 0.307 e. The lowest BCUT2D eigenvalue weighted by molar-refractivity contribution is -0.141. The van der Waals surface area contributed by atoms with Crippen LogP contribution >= 0.6 is 0 Å². The molecule has 5 heteroatoms. The molecule has 1 aliphatic heterocycles. The van der Waals surface area contributed by atoms with Gasteiger partial charge >= 0.3 is 5.97 Å². The third-order valence-corrected chi connectivity index (χ3v) is 3.21. The minimum atomic E-state index is -0.780. The lowest BCUT2D eigenvalue weighted by atomic mass is 10.1. The number of nitriles is 1. The fraction of sp³-hybridized carbons (Fsp3) is 0.385. The molecule has 1 aliphatic rings. The summed E-state index contributed by atoms with van der Waals surface area (Å²) in [5.74, 6) is -1.55. The van der Waals surface area contributed by atoms with Crippen molar-refractivity contribution >= 4 is 5.97 Å². The molecule has 0 aliphatic carbocycles. The van der Waals surface area contributed by atoms with Crippen molar-refractivity contribution in [1.82, 2.24) is 4.90 Å². The van der Waals surface area contributed by atoms with Gasteiger partial charge in [0, 0.05) is 13.1 Å². The zero-order valence-corrected chi connectivity index (χ0v) is 9.77. The molecule has 2 rings (SSSR count). The zero-order valence-electron chi connectivity index (χ0n) is 9.77. The first kappa shape index (κ1) is 12.5. The lowest BCUT2D eigenvalue weighted by Gasteiger charge is -2.16. The van der Waals surface area contributed by atoms with Crippen molar-refractivity contribution in [2.45, 2.75) is 13.0 Å². The maximum absolute atomic E-state index is 13.0. The smallest absolute Gasteiger partial charge is 0.307 e. The molecule has 4 nitrogen and oxygen atoms in total. The molecule has 18 heavy (non-hydrogen) atoms. The number of likely N-dealkylation sites (tertiary alicyclic amines) is 1. The summed E-state index contributed by atoms with van der Waals surface area (Å²) in [5.41, 5.74) is 1.05. The summed E-state index contributed by atoms with van der Waals surface area (Å²) in [6.07, 6.45) is 0.623. The number of aliphatic carboxylic acids is 1. The minimum Gasteiger partial charge on any atom is -0.481 e. The Balaban J connectivity index is 2.07. The SMILES string of the molecule is N#Cc1cc(F)ccc1CN1CCC(C(=O)O)C1. The largest absolute Gasteiger partial charge is 0.481 e. The van der Waals surface area contributed by atoms with Crippen molar-refractivity contribution in [2.75, 3.05) is 13.1 Å². The van der Waals surface area contributed by atoms with E-state index in [2.05, 4.69) is 0 Å². The molecule has 1 saturated heterocycles. The van der Waals surface area contributed by atoms with Gasteiger partial charge in [-0.15, -0.1) is 0 Å². The van der Waals surface area contributed by atoms with Crippen LogP contribution in [-0.4, -0.2) is 29.1 Å². The molecule has 0 amide bonds. The van der Waals surface area contributed by atoms with Crippen LogP contribution in [0.25, 0.3) is 0 Å². The third kappa shape index (κ3) is 2.66. The minimum absolute atomic E-state index is 0.314. The van der Waals surface area contributed by atoms with Crippen LogP contribution in [0.2, 0.25) is 0 Å². The fourth-order valence-electron chi connectivity index (χ4n) is 2.21. The summed E-state index contributed by atoms with van der Waals surface area (Å²) in [6.45, 7) is 1.67. The van der Waals surface area contributed by atoms with E-state index in [-0.39, 0.29) is 5.92 Å². The van der Waals surface area contributed by atoms with E-state index in [1.807, 2.05) is 11.0 Å². The second kappa shape index (κ2) is 5.15. The molecule has 1 unspecified atom stereocenters. The van der Waals surface area contributed by atoms with Crippen molar-refractivity contribution in [1.29, 1.82) is 5.26 Å². The highest BCUT2D eigenvalue weighted by atomic mass is 19.1. The Hall–Kier alpha value is -1.93. The van der Waals surface area contributed by atoms with Crippen molar-refractivity contribution in [3.05, 3.63) is 35.1 Å². The topological polar surface area (TPSA) is 64.3 Å². The van der Waals surface area contributed by atoms with Crippen LogP contribution < -0.4 is 0 Å². The van der Waals surface area contributed by atoms with Crippen LogP contribution in [0.1, 0.15) is 17.5 Å². The van der Waals surface area contributed by atoms with Gasteiger partial charge < -0.3 is 5.11 Å². The number of rotatable bonds is 3. The van der Waals surface area contributed by atoms with Gasteiger partial charge in [0.05, 0.1) is 17.6 Å². The van der Waals surface area contributed by atoms with Crippen LogP contribution in [-0.2, 0) is 11.3 Å². The standard InChI is InChI=1S/C13H13FN2O2/c14-12-2-1-9(11(5-12)6-15)7-16-4-3-10(8-16)13(17)18/h1-2,5,10H,3-4,7-8H2,(H,17,18). The Bertz CT molecular complexity index is 510. The van der Waals surface area contributed by atoms with Crippen molar-refractivity contribution in [3.63, 3.8) is 0 Å². The van der Waals surface area contributed by atoms with E-state index < -0.39 is 11.8 Å². The molecule has 1 heterocycles. The molecule has 1 atom stereocenters. The van der Waals surface area contributed by atoms with E-state index in [1.54, 1.807) is 6.07 Å². The highest BCUT2D eigenvalue weighted by Crippen LogP contribution is 2.20. The Kier molecular flexibility index (Phi) is 3.58. The quantitative estimate of drug-likeness (QED) is 0.882. The van der Waals surface area contributed by atoms with Gasteiger partial charge in [0.25, 0.3) is 0 Å². The van der Waals surface area contributed by atoms with Crippen molar-refractivity contribution in [3.8, 4) is 6.07 Å². The summed E-state index contributed by atoms with van der Waals surface area (Å²) in [6, 6.07) is 6.08. The maximum atomic E-state index is 13.0. The first-order valence-corrected chi connectivity index (χ1v) is 5.74. The highest BCUT2D eigenvalue weighted by Gasteiger charge is 2.28. The summed E-state index contributed by atoms with van der Waals surface area (Å²) in [5, 5.41) is 17.8. The molecule has 0 saturated carbocycles. The number of carboxylic acid groups (broad SMARTS) is 1. The number of carbonyl (C=O) groups is 1. The predicted molar refractivity (Wildman–Crippen MR) is 62.1 cm³/mol. The van der Waals surface area contributed by atoms with E-state index in [0.717, 1.165) is 5.56 Å². The monoisotopic (exact) mass is 248 g/mol. The summed E-state index contributed by atoms with van der Waals surface area (Å²) < 4.78 is 13.0. The molecule has 1 aromatic rings. The molecule has 0 aromatic heterocycles. The van der Waals surface area contributed by atoms with Gasteiger partial charge in [-0.3, -0.25) is 9.69 Å². The molecule has 0 spiro atoms. The Morgan fingerprint density at radius 1 is 1.61 bits per heavy atom. The van der Waals surface area contributed by atoms with Crippen LogP contribution in [0.4, 0.5) is 4.39 Å². The second-order valence-electron chi connectivity index (χ2n) is 4.47. The second-order valence-corrected chi connectivity index (χ2v) is 4.47. The van der Waals surface area contributed by atoms with Gasteiger partial charge in [-0.2, -0.15) is 5.26 Å². The first-order chi connectivity index (χ1) is 8.60. The molecular formula is C13H13FN2O2. The summed E-state index contributed by atoms with van der Waals surface area (Å²) in [4.78, 5) is 12.8. The normalized spacial score (nSPS) is 19.7. The first-order valence-electron chi connectivity index (χ1n) is 5.74. The van der Waals surface area contributed by atoms with Crippen LogP contribution in [0.5, 0.6) is 0 Å². The molecule has 0 bridgehead atoms. The Morgan fingerprint density at radius 3 is 3.00 bits per heavy atom. The van der Waals surface area contributed by atoms with Gasteiger partial charge in [-0.1, -0.05) is 6.07 Å². The molecule has 0 radical (unpaired) electrons. The van der Waals surface area contributed by atoms with Crippen LogP contribution in [0.3, 0.4) is 0 Å². The molecule has 1 aromatic carbocycles. The summed E-state index contributed by atoms with van der Waals surface area (Å²) >= 11 is 0. The molecule has 1 N–H and O–H groups in total. The van der Waals surface area contributed by atoms with E-state index in [4.69, 9.17) is 10.4 Å². The molecular weight excluding hydrogens is 235 g/mol. The molecule has 1 fully saturated rings. The van der Waals surface area contributed by atoms with Gasteiger partial charge in [-0.05, 0) is 30.7 Å². The summed E-state index contributed by atoms with van der Waals surface area (Å²) in [7, 11) is 0. The number of hydrogen-bond acceptors (Lipinski definition) is 3. The number of halogens is 1. The average molecular weight is 248 g/mol. The highest BCUT2D eigenvalue weighted by molar-refractivity contribution is 5.70. The number of hydrogen-bond donors (Lipinski definition) is 1. The Morgan fingerprint density at radius 2 is 2.39 bits per heavy atom. The van der Waals surface area contributed by atoms with E-state index in [1.165, 1.54) is 12.1 Å². The zero-order chi connectivity index (χ0) is 13.1. The number of nitrogens with zero attached hydrogens (tertiary/aromatic N) is 2. The predicted octanol–water partition coefficient (Wildman–Crippen LogP) is 1.60. The van der Waals surface area contributed by atoms with Gasteiger partial charge in [-0.25, -0.2) is 4.39 Å². The average Bonchev–Trinajstić information content (AvgIpc) is 2.80. The number of benzene rings is 1. The van der Waals surface area contributed by atoms with Crippen molar-refractivity contribution in [2.24, 2.45) is 5.92 Å². The van der Waals surface area contributed by atoms with Crippen molar-refractivity contribution < 1.29 is 14.3 Å². The Labute approximate surface area is 104 Å². The van der Waals surface area contributed by atoms with Gasteiger partial charge in [0.1, 0.15) is 5.82 Å². The van der Waals surface area contributed by atoms with E-state index >= 15 is 0 Å². The van der Waals surface area contributed by atoms with Crippen LogP contribution in [0, 0.1) is 23.1 Å². The van der Waals surface area contributed by atoms with E-state index in [0.29, 0.717) is 31.6 Å². The fourth-order valence-corrected chi connectivity index (χ4v) is 2.21. The molecule has 94 valence electrons. The number of carboxylic acids is 1. The third-order valence-electron chi connectivity index (χ3n) is 3.21.